The largest absolute Gasteiger partial charge is 0.380 e. The first kappa shape index (κ1) is 14.8. The lowest BCUT2D eigenvalue weighted by Gasteiger charge is -2.16. The summed E-state index contributed by atoms with van der Waals surface area (Å²) in [4.78, 5) is 23.1. The third-order valence-corrected chi connectivity index (χ3v) is 3.15. The Morgan fingerprint density at radius 2 is 1.62 bits per heavy atom. The molecule has 21 heavy (non-hydrogen) atoms. The van der Waals surface area contributed by atoms with Crippen molar-refractivity contribution in [1.82, 2.24) is 0 Å². The van der Waals surface area contributed by atoms with Crippen LogP contribution in [0.15, 0.2) is 33.9 Å². The van der Waals surface area contributed by atoms with Gasteiger partial charge in [-0.1, -0.05) is 26.0 Å². The predicted molar refractivity (Wildman–Crippen MR) is 83.2 cm³/mol. The van der Waals surface area contributed by atoms with E-state index in [2.05, 4.69) is 16.7 Å². The summed E-state index contributed by atoms with van der Waals surface area (Å²) >= 11 is 0. The van der Waals surface area contributed by atoms with Crippen molar-refractivity contribution in [2.24, 2.45) is 5.92 Å². The Kier molecular flexibility index (Phi) is 4.39. The van der Waals surface area contributed by atoms with Crippen LogP contribution in [0.3, 0.4) is 0 Å². The number of rotatable bonds is 6. The standard InChI is InChI=1S/C16H17N3O2/c1-10(2)8-18-13-14(16(21)15(13)20)19-9-12-5-3-11(7-17)4-6-12/h3-6,10,18-19H,8-9H2,1-2H3. The molecule has 2 aromatic rings. The molecule has 0 fully saturated rings. The highest BCUT2D eigenvalue weighted by Crippen LogP contribution is 2.16. The quantitative estimate of drug-likeness (QED) is 0.790. The zero-order valence-electron chi connectivity index (χ0n) is 12.1. The Morgan fingerprint density at radius 1 is 1.05 bits per heavy atom. The van der Waals surface area contributed by atoms with Crippen LogP contribution in [0.1, 0.15) is 25.0 Å². The van der Waals surface area contributed by atoms with Gasteiger partial charge in [0.25, 0.3) is 10.9 Å². The number of hydrogen-bond donors (Lipinski definition) is 2. The van der Waals surface area contributed by atoms with E-state index >= 15 is 0 Å². The van der Waals surface area contributed by atoms with E-state index in [1.54, 1.807) is 12.1 Å². The lowest BCUT2D eigenvalue weighted by molar-refractivity contribution is 0.688. The van der Waals surface area contributed by atoms with Crippen LogP contribution in [-0.4, -0.2) is 6.54 Å². The molecule has 0 bridgehead atoms. The molecule has 5 heteroatoms. The highest BCUT2D eigenvalue weighted by molar-refractivity contribution is 5.73. The van der Waals surface area contributed by atoms with Crippen molar-refractivity contribution in [2.75, 3.05) is 17.2 Å². The summed E-state index contributed by atoms with van der Waals surface area (Å²) < 4.78 is 0. The first-order valence-electron chi connectivity index (χ1n) is 6.83. The van der Waals surface area contributed by atoms with E-state index in [0.717, 1.165) is 5.56 Å². The van der Waals surface area contributed by atoms with Gasteiger partial charge in [-0.2, -0.15) is 5.26 Å². The predicted octanol–water partition coefficient (Wildman–Crippen LogP) is 1.83. The van der Waals surface area contributed by atoms with Gasteiger partial charge in [0.1, 0.15) is 11.4 Å². The van der Waals surface area contributed by atoms with E-state index in [9.17, 15) is 9.59 Å². The molecule has 0 amide bonds. The van der Waals surface area contributed by atoms with E-state index in [4.69, 9.17) is 5.26 Å². The molecule has 2 rings (SSSR count). The molecule has 0 saturated carbocycles. The summed E-state index contributed by atoms with van der Waals surface area (Å²) in [6.45, 7) is 5.15. The molecule has 0 unspecified atom stereocenters. The number of nitrogens with one attached hydrogen (secondary N) is 2. The van der Waals surface area contributed by atoms with Gasteiger partial charge in [0.05, 0.1) is 11.6 Å². The van der Waals surface area contributed by atoms with Crippen molar-refractivity contribution >= 4 is 11.4 Å². The van der Waals surface area contributed by atoms with Crippen LogP contribution in [0.4, 0.5) is 11.4 Å². The summed E-state index contributed by atoms with van der Waals surface area (Å²) in [5.41, 5.74) is 1.32. The Balaban J connectivity index is 2.03. The number of benzene rings is 1. The van der Waals surface area contributed by atoms with E-state index in [-0.39, 0.29) is 0 Å². The van der Waals surface area contributed by atoms with E-state index in [1.807, 2.05) is 26.0 Å². The maximum Gasteiger partial charge on any atom is 0.253 e. The maximum absolute atomic E-state index is 11.6. The van der Waals surface area contributed by atoms with Crippen molar-refractivity contribution < 1.29 is 0 Å². The number of hydrogen-bond acceptors (Lipinski definition) is 5. The Morgan fingerprint density at radius 3 is 2.14 bits per heavy atom. The van der Waals surface area contributed by atoms with Gasteiger partial charge < -0.3 is 10.6 Å². The molecular formula is C16H17N3O2. The molecule has 0 aliphatic carbocycles. The average Bonchev–Trinajstić information content (AvgIpc) is 2.49. The maximum atomic E-state index is 11.6. The Hall–Kier alpha value is -2.61. The molecule has 108 valence electrons. The molecule has 2 N–H and O–H groups in total. The molecule has 0 heterocycles. The van der Waals surface area contributed by atoms with Gasteiger partial charge in [-0.25, -0.2) is 0 Å². The molecular weight excluding hydrogens is 266 g/mol. The van der Waals surface area contributed by atoms with Gasteiger partial charge in [0, 0.05) is 13.1 Å². The van der Waals surface area contributed by atoms with Gasteiger partial charge in [-0.15, -0.1) is 0 Å². The van der Waals surface area contributed by atoms with Crippen LogP contribution in [-0.2, 0) is 6.54 Å². The molecule has 5 nitrogen and oxygen atoms in total. The van der Waals surface area contributed by atoms with Gasteiger partial charge >= 0.3 is 0 Å². The second-order valence-corrected chi connectivity index (χ2v) is 5.35. The summed E-state index contributed by atoms with van der Waals surface area (Å²) in [7, 11) is 0. The summed E-state index contributed by atoms with van der Waals surface area (Å²) in [6.07, 6.45) is 0. The fraction of sp³-hybridized carbons (Fsp3) is 0.312. The average molecular weight is 283 g/mol. The lowest BCUT2D eigenvalue weighted by Crippen LogP contribution is -2.37. The molecule has 0 radical (unpaired) electrons. The minimum absolute atomic E-state index is 0.352. The number of anilines is 2. The van der Waals surface area contributed by atoms with Gasteiger partial charge in [-0.05, 0) is 23.6 Å². The number of nitrogens with zero attached hydrogens (tertiary/aromatic N) is 1. The molecule has 0 aliphatic rings. The number of nitriles is 1. The highest BCUT2D eigenvalue weighted by atomic mass is 16.2. The van der Waals surface area contributed by atoms with E-state index < -0.39 is 10.9 Å². The van der Waals surface area contributed by atoms with E-state index in [1.165, 1.54) is 0 Å². The third-order valence-electron chi connectivity index (χ3n) is 3.15. The van der Waals surface area contributed by atoms with Crippen molar-refractivity contribution in [3.05, 3.63) is 55.8 Å². The molecule has 0 saturated heterocycles. The van der Waals surface area contributed by atoms with Crippen molar-refractivity contribution in [3.8, 4) is 6.07 Å². The molecule has 0 aliphatic heterocycles. The third kappa shape index (κ3) is 3.29. The van der Waals surface area contributed by atoms with Gasteiger partial charge in [0.15, 0.2) is 0 Å². The topological polar surface area (TPSA) is 82.0 Å². The van der Waals surface area contributed by atoms with Crippen LogP contribution in [0.25, 0.3) is 0 Å². The monoisotopic (exact) mass is 283 g/mol. The molecule has 2 aromatic carbocycles. The second kappa shape index (κ2) is 6.23. The van der Waals surface area contributed by atoms with Crippen LogP contribution >= 0.6 is 0 Å². The van der Waals surface area contributed by atoms with Crippen LogP contribution in [0.5, 0.6) is 0 Å². The molecule has 0 atom stereocenters. The second-order valence-electron chi connectivity index (χ2n) is 5.35. The fourth-order valence-electron chi connectivity index (χ4n) is 1.92. The highest BCUT2D eigenvalue weighted by Gasteiger charge is 2.20. The van der Waals surface area contributed by atoms with Crippen molar-refractivity contribution in [1.29, 1.82) is 5.26 Å². The first-order chi connectivity index (χ1) is 10.0. The Labute approximate surface area is 122 Å². The molecule has 0 aromatic heterocycles. The van der Waals surface area contributed by atoms with Crippen molar-refractivity contribution in [3.63, 3.8) is 0 Å². The minimum Gasteiger partial charge on any atom is -0.380 e. The van der Waals surface area contributed by atoms with Gasteiger partial charge in [-0.3, -0.25) is 9.59 Å². The minimum atomic E-state index is -0.477. The molecule has 0 spiro atoms. The normalized spacial score (nSPS) is 10.6. The zero-order chi connectivity index (χ0) is 15.4. The lowest BCUT2D eigenvalue weighted by atomic mass is 10.1. The summed E-state index contributed by atoms with van der Waals surface area (Å²) in [5.74, 6) is 0.390. The fourth-order valence-corrected chi connectivity index (χ4v) is 1.92. The smallest absolute Gasteiger partial charge is 0.253 e. The van der Waals surface area contributed by atoms with Gasteiger partial charge in [0.2, 0.25) is 0 Å². The summed E-state index contributed by atoms with van der Waals surface area (Å²) in [6, 6.07) is 9.12. The Bertz CT molecular complexity index is 732. The van der Waals surface area contributed by atoms with Crippen LogP contribution < -0.4 is 21.5 Å². The SMILES string of the molecule is CC(C)CNc1c(NCc2ccc(C#N)cc2)c(=O)c1=O. The van der Waals surface area contributed by atoms with E-state index in [0.29, 0.717) is 35.9 Å². The van der Waals surface area contributed by atoms with Crippen molar-refractivity contribution in [2.45, 2.75) is 20.4 Å². The van der Waals surface area contributed by atoms with Crippen LogP contribution in [0.2, 0.25) is 0 Å². The zero-order valence-corrected chi connectivity index (χ0v) is 12.1. The summed E-state index contributed by atoms with van der Waals surface area (Å²) in [5, 5.41) is 14.7. The van der Waals surface area contributed by atoms with Crippen LogP contribution in [0, 0.1) is 17.2 Å². The first-order valence-corrected chi connectivity index (χ1v) is 6.83.